The van der Waals surface area contributed by atoms with Crippen LogP contribution in [-0.4, -0.2) is 103 Å². The molecule has 14 nitrogen and oxygen atoms in total. The smallest absolute Gasteiger partial charge is 1.00 e. The monoisotopic (exact) mass is 1680 g/mol. The standard InChI is InChI=1S/2C22H30N2OP.C6H12O.C5H10O.2C5H10.6CHO.4CH3.2BrH.2Fe.2Mn/c2*1-15-12-19(13-16(2)22(15)25-4)26-21-10-7-9-20(21)17(3)24-14-18-8-5-6-11-23-18;1-4-6(5-2)7-3;1-4-5(2)6-3;2*1-2-4-5-3-1;6*1-2;;;;;;;;;;/h2*5-6,8,11-13,17,20-21,26H,7,9-10,14H2,1-4H3;4H,5H2,1-3H3;2,4H2,1,3H3;2*1-5H2;6*1H;4*1H3;2*1H;;;;/q2*-1;;;;;10*-1;;;2*+2;;/p-2/b;;6-4-;;;;;;;;;;;;;;;;;;;/t2*17-,20?,21?;;;;;;;;;;;;;;;;;;;;/m10..................../s1. The summed E-state index contributed by atoms with van der Waals surface area (Å²) in [6, 6.07) is 22.2. The van der Waals surface area contributed by atoms with Crippen molar-refractivity contribution in [2.75, 3.05) is 28.4 Å². The molecule has 4 fully saturated rings. The molecule has 2 aromatic heterocycles. The minimum absolute atomic E-state index is 0. The van der Waals surface area contributed by atoms with E-state index >= 15 is 0 Å². The van der Waals surface area contributed by atoms with Crippen LogP contribution in [0.1, 0.15) is 184 Å². The van der Waals surface area contributed by atoms with Gasteiger partial charge < -0.3 is 122 Å². The van der Waals surface area contributed by atoms with Gasteiger partial charge in [-0.05, 0) is 146 Å². The molecule has 8 rings (SSSR count). The maximum Gasteiger partial charge on any atom is 2.00 e. The van der Waals surface area contributed by atoms with Crippen molar-refractivity contribution in [3.05, 3.63) is 171 Å². The molecule has 0 saturated heterocycles. The van der Waals surface area contributed by atoms with E-state index in [1.54, 1.807) is 28.4 Å². The van der Waals surface area contributed by atoms with Crippen LogP contribution in [0.5, 0.6) is 11.5 Å². The molecule has 4 aromatic rings. The summed E-state index contributed by atoms with van der Waals surface area (Å²) in [7, 11) is 8.57. The van der Waals surface area contributed by atoms with Crippen LogP contribution in [0.15, 0.2) is 97.2 Å². The van der Waals surface area contributed by atoms with Crippen molar-refractivity contribution in [2.45, 2.75) is 214 Å². The van der Waals surface area contributed by atoms with Crippen LogP contribution in [0.4, 0.5) is 0 Å². The Labute approximate surface area is 660 Å². The van der Waals surface area contributed by atoms with E-state index < -0.39 is 0 Å². The molecular formula is C75H120Br2Fe2Mn2N4O10P2-10. The summed E-state index contributed by atoms with van der Waals surface area (Å²) in [4.78, 5) is 55.3. The summed E-state index contributed by atoms with van der Waals surface area (Å²) in [5, 5.41) is 12.8. The molecule has 6 unspecified atom stereocenters. The first-order chi connectivity index (χ1) is 42.3. The van der Waals surface area contributed by atoms with Crippen LogP contribution < -0.4 is 54.0 Å². The quantitative estimate of drug-likeness (QED) is 0.0301. The first-order valence-corrected chi connectivity index (χ1v) is 32.3. The molecule has 0 aliphatic heterocycles. The van der Waals surface area contributed by atoms with Gasteiger partial charge in [0.05, 0.1) is 40.0 Å². The number of ether oxygens (including phenoxy) is 4. The number of benzene rings is 2. The molecule has 4 aliphatic rings. The fourth-order valence-electron chi connectivity index (χ4n) is 10.7. The van der Waals surface area contributed by atoms with Crippen LogP contribution in [0, 0.1) is 69.2 Å². The van der Waals surface area contributed by atoms with E-state index in [2.05, 4.69) is 142 Å². The maximum atomic E-state index is 7.75. The van der Waals surface area contributed by atoms with Crippen LogP contribution in [0.3, 0.4) is 0 Å². The van der Waals surface area contributed by atoms with Crippen LogP contribution in [-0.2, 0) is 120 Å². The number of hydrogen-bond donors (Lipinski definition) is 0. The van der Waals surface area contributed by atoms with Crippen molar-refractivity contribution >= 4 is 68.5 Å². The molecule has 97 heavy (non-hydrogen) atoms. The number of allylic oxidation sites excluding steroid dienone is 3. The van der Waals surface area contributed by atoms with E-state index in [0.29, 0.717) is 23.9 Å². The Kier molecular flexibility index (Phi) is 117. The summed E-state index contributed by atoms with van der Waals surface area (Å²) >= 11 is 0. The molecule has 2 radical (unpaired) electrons. The van der Waals surface area contributed by atoms with Crippen molar-refractivity contribution in [3.63, 3.8) is 0 Å². The van der Waals surface area contributed by atoms with Gasteiger partial charge in [-0.2, -0.15) is 0 Å². The third-order valence-corrected chi connectivity index (χ3v) is 18.5. The summed E-state index contributed by atoms with van der Waals surface area (Å²) < 4.78 is 20.6. The number of hydrogen-bond acceptors (Lipinski definition) is 12. The Morgan fingerprint density at radius 2 is 0.804 bits per heavy atom. The molecule has 4 aliphatic carbocycles. The predicted octanol–water partition coefficient (Wildman–Crippen LogP) is 11.8. The van der Waals surface area contributed by atoms with Crippen molar-refractivity contribution < 1.29 is 150 Å². The zero-order valence-electron chi connectivity index (χ0n) is 61.4. The van der Waals surface area contributed by atoms with Gasteiger partial charge in [0, 0.05) is 70.8 Å². The summed E-state index contributed by atoms with van der Waals surface area (Å²) in [6.45, 7) is 43.8. The van der Waals surface area contributed by atoms with Gasteiger partial charge >= 0.3 is 34.1 Å². The van der Waals surface area contributed by atoms with Crippen molar-refractivity contribution in [1.29, 1.82) is 0 Å². The maximum absolute atomic E-state index is 7.75. The summed E-state index contributed by atoms with van der Waals surface area (Å²) in [6.07, 6.45) is 30.5. The first kappa shape index (κ1) is 127. The Bertz CT molecular complexity index is 2110. The van der Waals surface area contributed by atoms with E-state index in [1.807, 2.05) is 56.6 Å². The van der Waals surface area contributed by atoms with Crippen LogP contribution in [0.25, 0.3) is 10.6 Å². The van der Waals surface area contributed by atoms with Gasteiger partial charge in [0.25, 0.3) is 0 Å². The Hall–Kier alpha value is -2.74. The minimum atomic E-state index is 0. The molecule has 0 amide bonds. The van der Waals surface area contributed by atoms with Gasteiger partial charge in [0.1, 0.15) is 11.5 Å². The van der Waals surface area contributed by atoms with Crippen molar-refractivity contribution in [3.8, 4) is 11.5 Å². The third-order valence-electron chi connectivity index (χ3n) is 15.1. The zero-order valence-corrected chi connectivity index (χ0v) is 71.1. The van der Waals surface area contributed by atoms with Crippen molar-refractivity contribution in [1.82, 2.24) is 9.97 Å². The average molecular weight is 1680 g/mol. The fraction of sp³-hybridized carbons (Fsp3) is 0.520. The van der Waals surface area contributed by atoms with Crippen molar-refractivity contribution in [2.24, 2.45) is 11.8 Å². The number of halogens is 2. The van der Waals surface area contributed by atoms with Gasteiger partial charge in [-0.15, -0.1) is 25.2 Å². The molecule has 2 aromatic carbocycles. The number of nitrogens with zero attached hydrogens (tertiary/aromatic N) is 4. The molecule has 0 bridgehead atoms. The first-order valence-electron chi connectivity index (χ1n) is 30.1. The summed E-state index contributed by atoms with van der Waals surface area (Å²) in [5.41, 5.74) is 8.63. The van der Waals surface area contributed by atoms with Gasteiger partial charge in [-0.3, -0.25) is 50.7 Å². The average Bonchev–Trinajstić information content (AvgIpc) is 1.86. The number of aromatic nitrogens is 2. The van der Waals surface area contributed by atoms with Crippen LogP contribution in [0.2, 0.25) is 0 Å². The SMILES string of the molecule is C/C=C(/CC)OC.C1CCCC1.C1CCCC1.C=C(CC)OC.COc1c(C)cc(PC2CCCC2[C@@H](C)[N-]Cc2ccccn2)cc1C.COc1c(C)cc(PC2CCCC2[C@H](C)[N-]Cc2ccccn2)cc1C.[Br-].[Br-].[CH-]=O.[CH-]=O.[CH-]=O.[CH-]=O.[CH-]=O.[CH-]=O.[CH3-].[CH3-].[CH3-].[CH3-].[Fe+2].[Fe+2].[Mn].[Mn]. The molecule has 0 spiro atoms. The number of aryl methyl sites for hydroxylation is 4. The normalized spacial score (nSPS) is 15.5. The Balaban J connectivity index is -0.0000000749. The van der Waals surface area contributed by atoms with Gasteiger partial charge in [0.2, 0.25) is 0 Å². The molecule has 564 valence electrons. The van der Waals surface area contributed by atoms with Gasteiger partial charge in [-0.25, -0.2) is 0 Å². The molecule has 22 heteroatoms. The van der Waals surface area contributed by atoms with E-state index in [0.717, 1.165) is 88.8 Å². The Morgan fingerprint density at radius 1 is 0.515 bits per heavy atom. The Morgan fingerprint density at radius 3 is 0.990 bits per heavy atom. The zero-order chi connectivity index (χ0) is 66.8. The van der Waals surface area contributed by atoms with Gasteiger partial charge in [-0.1, -0.05) is 165 Å². The largest absolute Gasteiger partial charge is 2.00 e. The molecular weight excluding hydrogens is 1560 g/mol. The fourth-order valence-corrected chi connectivity index (χ4v) is 14.8. The number of carbonyl (C=O) groups excluding carboxylic acids is 6. The summed E-state index contributed by atoms with van der Waals surface area (Å²) in [5.74, 6) is 5.34. The van der Waals surface area contributed by atoms with E-state index in [4.69, 9.17) is 58.3 Å². The number of pyridine rings is 2. The number of methoxy groups -OCH3 is 4. The third kappa shape index (κ3) is 58.5. The molecule has 0 N–H and O–H groups in total. The molecule has 2 heterocycles. The van der Waals surface area contributed by atoms with E-state index in [9.17, 15) is 0 Å². The second kappa shape index (κ2) is 89.3. The van der Waals surface area contributed by atoms with Crippen LogP contribution >= 0.6 is 17.2 Å². The van der Waals surface area contributed by atoms with E-state index in [1.165, 1.54) is 136 Å². The minimum Gasteiger partial charge on any atom is -1.00 e. The second-order valence-electron chi connectivity index (χ2n) is 20.7. The molecule has 4 saturated carbocycles. The van der Waals surface area contributed by atoms with E-state index in [-0.39, 0.29) is 132 Å². The second-order valence-corrected chi connectivity index (χ2v) is 23.9. The topological polar surface area (TPSA) is 193 Å². The predicted molar refractivity (Wildman–Crippen MR) is 394 cm³/mol. The van der Waals surface area contributed by atoms with Gasteiger partial charge in [0.15, 0.2) is 0 Å². The number of rotatable bonds is 18. The molecule has 8 atom stereocenters.